The summed E-state index contributed by atoms with van der Waals surface area (Å²) in [5, 5.41) is 6.54. The Hall–Kier alpha value is -1.53. The highest BCUT2D eigenvalue weighted by molar-refractivity contribution is 5.93. The van der Waals surface area contributed by atoms with E-state index in [-0.39, 0.29) is 17.2 Å². The summed E-state index contributed by atoms with van der Waals surface area (Å²) in [5.74, 6) is 1.85. The molecule has 1 atom stereocenters. The number of halogens is 3. The average molecular weight is 369 g/mol. The third-order valence-corrected chi connectivity index (χ3v) is 6.94. The second-order valence-electron chi connectivity index (χ2n) is 8.75. The fourth-order valence-electron chi connectivity index (χ4n) is 6.34. The molecule has 1 unspecified atom stereocenters. The van der Waals surface area contributed by atoms with Gasteiger partial charge in [-0.15, -0.1) is 0 Å². The van der Waals surface area contributed by atoms with E-state index in [0.717, 1.165) is 54.2 Å². The normalized spacial score (nSPS) is 34.1. The fourth-order valence-corrected chi connectivity index (χ4v) is 6.34. The van der Waals surface area contributed by atoms with E-state index < -0.39 is 17.8 Å². The van der Waals surface area contributed by atoms with E-state index in [1.54, 1.807) is 0 Å². The van der Waals surface area contributed by atoms with Gasteiger partial charge in [-0.25, -0.2) is 0 Å². The van der Waals surface area contributed by atoms with Crippen LogP contribution in [0.1, 0.15) is 68.1 Å². The first-order valence-electron chi connectivity index (χ1n) is 9.62. The van der Waals surface area contributed by atoms with Crippen LogP contribution < -0.4 is 5.32 Å². The van der Waals surface area contributed by atoms with Crippen LogP contribution in [0, 0.1) is 23.2 Å². The Morgan fingerprint density at radius 1 is 1.27 bits per heavy atom. The van der Waals surface area contributed by atoms with Crippen LogP contribution in [0.25, 0.3) is 0 Å². The van der Waals surface area contributed by atoms with Crippen molar-refractivity contribution in [3.63, 3.8) is 0 Å². The molecule has 0 saturated heterocycles. The molecule has 4 aliphatic rings. The van der Waals surface area contributed by atoms with Crippen molar-refractivity contribution >= 4 is 5.91 Å². The summed E-state index contributed by atoms with van der Waals surface area (Å²) in [6.07, 6.45) is 3.67. The second kappa shape index (κ2) is 5.99. The first-order valence-corrected chi connectivity index (χ1v) is 9.62. The molecule has 4 bridgehead atoms. The van der Waals surface area contributed by atoms with Gasteiger partial charge in [-0.2, -0.15) is 18.3 Å². The highest BCUT2D eigenvalue weighted by Crippen LogP contribution is 2.61. The van der Waals surface area contributed by atoms with Crippen LogP contribution in [0.3, 0.4) is 0 Å². The molecule has 0 aliphatic heterocycles. The third-order valence-electron chi connectivity index (χ3n) is 6.94. The lowest BCUT2D eigenvalue weighted by Gasteiger charge is -2.59. The zero-order valence-corrected chi connectivity index (χ0v) is 15.3. The summed E-state index contributed by atoms with van der Waals surface area (Å²) in [6.45, 7) is 2.06. The number of alkyl halides is 3. The molecule has 144 valence electrons. The van der Waals surface area contributed by atoms with Gasteiger partial charge in [-0.05, 0) is 68.1 Å². The molecule has 7 heteroatoms. The van der Waals surface area contributed by atoms with Crippen molar-refractivity contribution in [1.29, 1.82) is 0 Å². The van der Waals surface area contributed by atoms with E-state index in [2.05, 4.69) is 17.3 Å². The van der Waals surface area contributed by atoms with E-state index in [1.165, 1.54) is 26.3 Å². The SMILES string of the molecule is CCC(NC(=O)c1cc(C(F)(F)F)nn1C)C12CC3CC(CC(C3)C1)C2. The maximum atomic E-state index is 12.9. The van der Waals surface area contributed by atoms with Crippen LogP contribution in [0.4, 0.5) is 13.2 Å². The van der Waals surface area contributed by atoms with Gasteiger partial charge in [-0.3, -0.25) is 9.48 Å². The maximum Gasteiger partial charge on any atom is 0.435 e. The Bertz CT molecular complexity index is 674. The number of carbonyl (C=O) groups excluding carboxylic acids is 1. The highest BCUT2D eigenvalue weighted by atomic mass is 19.4. The number of rotatable bonds is 4. The van der Waals surface area contributed by atoms with E-state index in [4.69, 9.17) is 0 Å². The minimum absolute atomic E-state index is 0.0210. The number of nitrogens with one attached hydrogen (secondary N) is 1. The number of aromatic nitrogens is 2. The van der Waals surface area contributed by atoms with Gasteiger partial charge in [0, 0.05) is 19.2 Å². The molecule has 26 heavy (non-hydrogen) atoms. The molecule has 1 aromatic rings. The van der Waals surface area contributed by atoms with E-state index >= 15 is 0 Å². The average Bonchev–Trinajstić information content (AvgIpc) is 2.93. The topological polar surface area (TPSA) is 46.9 Å². The summed E-state index contributed by atoms with van der Waals surface area (Å²) in [6, 6.07) is 0.870. The van der Waals surface area contributed by atoms with Gasteiger partial charge < -0.3 is 5.32 Å². The molecular weight excluding hydrogens is 343 g/mol. The fraction of sp³-hybridized carbons (Fsp3) is 0.789. The standard InChI is InChI=1S/C19H26F3N3O/c1-3-15(18-8-11-4-12(9-18)6-13(5-11)10-18)23-17(26)14-7-16(19(20,21)22)24-25(14)2/h7,11-13,15H,3-6,8-10H2,1-2H3,(H,23,26). The minimum Gasteiger partial charge on any atom is -0.347 e. The van der Waals surface area contributed by atoms with Gasteiger partial charge in [-0.1, -0.05) is 6.92 Å². The van der Waals surface area contributed by atoms with E-state index in [1.807, 2.05) is 0 Å². The van der Waals surface area contributed by atoms with Gasteiger partial charge in [0.2, 0.25) is 0 Å². The lowest BCUT2D eigenvalue weighted by molar-refractivity contribution is -0.141. The van der Waals surface area contributed by atoms with Crippen molar-refractivity contribution in [1.82, 2.24) is 15.1 Å². The largest absolute Gasteiger partial charge is 0.435 e. The number of amides is 1. The molecule has 1 amide bonds. The van der Waals surface area contributed by atoms with E-state index in [0.29, 0.717) is 0 Å². The molecule has 1 N–H and O–H groups in total. The van der Waals surface area contributed by atoms with Crippen molar-refractivity contribution in [3.05, 3.63) is 17.5 Å². The lowest BCUT2D eigenvalue weighted by atomic mass is 9.47. The van der Waals surface area contributed by atoms with Crippen molar-refractivity contribution in [2.24, 2.45) is 30.2 Å². The Morgan fingerprint density at radius 3 is 2.23 bits per heavy atom. The molecule has 4 fully saturated rings. The Kier molecular flexibility index (Phi) is 4.12. The summed E-state index contributed by atoms with van der Waals surface area (Å²) < 4.78 is 39.6. The molecular formula is C19H26F3N3O. The van der Waals surface area contributed by atoms with Crippen LogP contribution in [-0.4, -0.2) is 21.7 Å². The first kappa shape index (κ1) is 17.9. The van der Waals surface area contributed by atoms with Crippen molar-refractivity contribution in [2.75, 3.05) is 0 Å². The molecule has 5 rings (SSSR count). The Balaban J connectivity index is 1.54. The first-order chi connectivity index (χ1) is 12.2. The third kappa shape index (κ3) is 2.93. The lowest BCUT2D eigenvalue weighted by Crippen LogP contribution is -2.56. The van der Waals surface area contributed by atoms with Crippen molar-refractivity contribution in [2.45, 2.75) is 64.1 Å². The van der Waals surface area contributed by atoms with Gasteiger partial charge in [0.1, 0.15) is 5.69 Å². The number of carbonyl (C=O) groups is 1. The van der Waals surface area contributed by atoms with Crippen LogP contribution in [-0.2, 0) is 13.2 Å². The molecule has 1 heterocycles. The smallest absolute Gasteiger partial charge is 0.347 e. The monoisotopic (exact) mass is 369 g/mol. The van der Waals surface area contributed by atoms with E-state index in [9.17, 15) is 18.0 Å². The predicted octanol–water partition coefficient (Wildman–Crippen LogP) is 4.16. The van der Waals surface area contributed by atoms with Gasteiger partial charge in [0.25, 0.3) is 5.91 Å². The Morgan fingerprint density at radius 2 is 1.81 bits per heavy atom. The molecule has 4 nitrogen and oxygen atoms in total. The maximum absolute atomic E-state index is 12.9. The highest BCUT2D eigenvalue weighted by Gasteiger charge is 2.54. The van der Waals surface area contributed by atoms with Crippen LogP contribution >= 0.6 is 0 Å². The molecule has 1 aromatic heterocycles. The number of hydrogen-bond acceptors (Lipinski definition) is 2. The molecule has 4 saturated carbocycles. The summed E-state index contributed by atoms with van der Waals surface area (Å²) >= 11 is 0. The van der Waals surface area contributed by atoms with Gasteiger partial charge in [0.15, 0.2) is 5.69 Å². The summed E-state index contributed by atoms with van der Waals surface area (Å²) in [7, 11) is 1.38. The molecule has 4 aliphatic carbocycles. The summed E-state index contributed by atoms with van der Waals surface area (Å²) in [4.78, 5) is 12.7. The van der Waals surface area contributed by atoms with Crippen LogP contribution in [0.5, 0.6) is 0 Å². The van der Waals surface area contributed by atoms with Gasteiger partial charge in [0.05, 0.1) is 0 Å². The second-order valence-corrected chi connectivity index (χ2v) is 8.75. The molecule has 0 spiro atoms. The van der Waals surface area contributed by atoms with Crippen molar-refractivity contribution in [3.8, 4) is 0 Å². The number of nitrogens with zero attached hydrogens (tertiary/aromatic N) is 2. The quantitative estimate of drug-likeness (QED) is 0.866. The zero-order chi connectivity index (χ0) is 18.7. The molecule has 0 aromatic carbocycles. The summed E-state index contributed by atoms with van der Waals surface area (Å²) in [5.41, 5.74) is -0.918. The zero-order valence-electron chi connectivity index (χ0n) is 15.3. The predicted molar refractivity (Wildman–Crippen MR) is 90.4 cm³/mol. The molecule has 0 radical (unpaired) electrons. The Labute approximate surface area is 151 Å². The number of aryl methyl sites for hydroxylation is 1. The minimum atomic E-state index is -4.54. The number of hydrogen-bond donors (Lipinski definition) is 1. The van der Waals surface area contributed by atoms with Crippen molar-refractivity contribution < 1.29 is 18.0 Å². The van der Waals surface area contributed by atoms with Crippen LogP contribution in [0.2, 0.25) is 0 Å². The van der Waals surface area contributed by atoms with Crippen LogP contribution in [0.15, 0.2) is 6.07 Å². The van der Waals surface area contributed by atoms with Gasteiger partial charge >= 0.3 is 6.18 Å².